The highest BCUT2D eigenvalue weighted by molar-refractivity contribution is 5.80. The number of likely N-dealkylation sites (tertiary alicyclic amines) is 1. The van der Waals surface area contributed by atoms with Crippen molar-refractivity contribution in [2.24, 2.45) is 10.9 Å². The van der Waals surface area contributed by atoms with Gasteiger partial charge in [-0.15, -0.1) is 0 Å². The van der Waals surface area contributed by atoms with E-state index in [1.807, 2.05) is 13.8 Å². The standard InChI is InChI=1S/C20H35N5O2/c1-4-21-20(22-9-5-19-15(2)24-27-16(19)3)23-18-6-10-25(11-7-18)13-17-8-12-26-14-17/h17-18H,4-14H2,1-3H3,(H2,21,22,23). The van der Waals surface area contributed by atoms with Crippen LogP contribution < -0.4 is 10.6 Å². The SMILES string of the molecule is CCNC(=NCCc1c(C)noc1C)NC1CCN(CC2CCOC2)CC1. The van der Waals surface area contributed by atoms with Crippen molar-refractivity contribution < 1.29 is 9.26 Å². The van der Waals surface area contributed by atoms with Crippen LogP contribution in [-0.4, -0.2) is 68.0 Å². The molecule has 0 spiro atoms. The molecule has 1 atom stereocenters. The fourth-order valence-corrected chi connectivity index (χ4v) is 4.00. The number of hydrogen-bond donors (Lipinski definition) is 2. The third-order valence-corrected chi connectivity index (χ3v) is 5.63. The fraction of sp³-hybridized carbons (Fsp3) is 0.800. The molecule has 1 aromatic rings. The predicted molar refractivity (Wildman–Crippen MR) is 107 cm³/mol. The number of hydrogen-bond acceptors (Lipinski definition) is 5. The highest BCUT2D eigenvalue weighted by Gasteiger charge is 2.24. The number of nitrogens with one attached hydrogen (secondary N) is 2. The van der Waals surface area contributed by atoms with Crippen LogP contribution in [-0.2, 0) is 11.2 Å². The maximum absolute atomic E-state index is 5.51. The summed E-state index contributed by atoms with van der Waals surface area (Å²) in [4.78, 5) is 7.36. The quantitative estimate of drug-likeness (QED) is 0.558. The smallest absolute Gasteiger partial charge is 0.191 e. The first-order chi connectivity index (χ1) is 13.2. The van der Waals surface area contributed by atoms with Gasteiger partial charge in [0.25, 0.3) is 0 Å². The van der Waals surface area contributed by atoms with Crippen molar-refractivity contribution in [2.45, 2.75) is 52.5 Å². The Morgan fingerprint density at radius 1 is 1.26 bits per heavy atom. The van der Waals surface area contributed by atoms with Crippen LogP contribution in [0.25, 0.3) is 0 Å². The van der Waals surface area contributed by atoms with E-state index in [-0.39, 0.29) is 0 Å². The predicted octanol–water partition coefficient (Wildman–Crippen LogP) is 1.89. The summed E-state index contributed by atoms with van der Waals surface area (Å²) >= 11 is 0. The van der Waals surface area contributed by atoms with Crippen molar-refractivity contribution >= 4 is 5.96 Å². The average molecular weight is 378 g/mol. The average Bonchev–Trinajstić information content (AvgIpc) is 3.28. The molecule has 2 N–H and O–H groups in total. The summed E-state index contributed by atoms with van der Waals surface area (Å²) in [7, 11) is 0. The molecule has 0 bridgehead atoms. The van der Waals surface area contributed by atoms with Crippen LogP contribution in [0.1, 0.15) is 43.2 Å². The molecule has 152 valence electrons. The third kappa shape index (κ3) is 5.94. The molecule has 2 aliphatic heterocycles. The van der Waals surface area contributed by atoms with Crippen molar-refractivity contribution in [3.8, 4) is 0 Å². The van der Waals surface area contributed by atoms with Crippen LogP contribution in [0.3, 0.4) is 0 Å². The molecule has 3 heterocycles. The van der Waals surface area contributed by atoms with Crippen LogP contribution in [0.15, 0.2) is 9.52 Å². The molecule has 0 aliphatic carbocycles. The van der Waals surface area contributed by atoms with Crippen molar-refractivity contribution in [3.63, 3.8) is 0 Å². The van der Waals surface area contributed by atoms with Crippen molar-refractivity contribution in [1.29, 1.82) is 0 Å². The molecule has 2 aliphatic rings. The van der Waals surface area contributed by atoms with Crippen LogP contribution in [0.4, 0.5) is 0 Å². The highest BCUT2D eigenvalue weighted by atomic mass is 16.5. The summed E-state index contributed by atoms with van der Waals surface area (Å²) in [6, 6.07) is 0.498. The Kier molecular flexibility index (Phi) is 7.52. The molecule has 2 fully saturated rings. The van der Waals surface area contributed by atoms with Gasteiger partial charge in [-0.2, -0.15) is 0 Å². The Balaban J connectivity index is 1.43. The van der Waals surface area contributed by atoms with E-state index < -0.39 is 0 Å². The van der Waals surface area contributed by atoms with Gasteiger partial charge in [0.1, 0.15) is 5.76 Å². The molecule has 0 aromatic carbocycles. The van der Waals surface area contributed by atoms with E-state index in [1.54, 1.807) is 0 Å². The monoisotopic (exact) mass is 377 g/mol. The maximum Gasteiger partial charge on any atom is 0.191 e. The number of nitrogens with zero attached hydrogens (tertiary/aromatic N) is 3. The first-order valence-electron chi connectivity index (χ1n) is 10.4. The summed E-state index contributed by atoms with van der Waals surface area (Å²) in [5, 5.41) is 11.0. The normalized spacial score (nSPS) is 22.3. The molecule has 2 saturated heterocycles. The topological polar surface area (TPSA) is 74.9 Å². The first kappa shape index (κ1) is 20.1. The largest absolute Gasteiger partial charge is 0.381 e. The number of guanidine groups is 1. The zero-order chi connectivity index (χ0) is 19.1. The van der Waals surface area contributed by atoms with Gasteiger partial charge >= 0.3 is 0 Å². The second-order valence-electron chi connectivity index (χ2n) is 7.76. The molecule has 27 heavy (non-hydrogen) atoms. The summed E-state index contributed by atoms with van der Waals surface area (Å²) in [6.07, 6.45) is 4.42. The molecule has 0 saturated carbocycles. The minimum atomic E-state index is 0.498. The lowest BCUT2D eigenvalue weighted by Crippen LogP contribution is -2.49. The first-order valence-corrected chi connectivity index (χ1v) is 10.4. The minimum Gasteiger partial charge on any atom is -0.381 e. The van der Waals surface area contributed by atoms with E-state index in [4.69, 9.17) is 14.3 Å². The maximum atomic E-state index is 5.51. The van der Waals surface area contributed by atoms with Crippen LogP contribution in [0.2, 0.25) is 0 Å². The summed E-state index contributed by atoms with van der Waals surface area (Å²) < 4.78 is 10.7. The van der Waals surface area contributed by atoms with Gasteiger partial charge in [0.05, 0.1) is 12.3 Å². The lowest BCUT2D eigenvalue weighted by Gasteiger charge is -2.34. The Morgan fingerprint density at radius 3 is 2.70 bits per heavy atom. The van der Waals surface area contributed by atoms with E-state index >= 15 is 0 Å². The number of rotatable bonds is 7. The molecule has 1 aromatic heterocycles. The fourth-order valence-electron chi connectivity index (χ4n) is 4.00. The molecular formula is C20H35N5O2. The highest BCUT2D eigenvalue weighted by Crippen LogP contribution is 2.18. The van der Waals surface area contributed by atoms with Crippen molar-refractivity contribution in [3.05, 3.63) is 17.0 Å². The number of aryl methyl sites for hydroxylation is 2. The Labute approximate surface area is 162 Å². The zero-order valence-corrected chi connectivity index (χ0v) is 17.1. The second-order valence-corrected chi connectivity index (χ2v) is 7.76. The Hall–Kier alpha value is -1.60. The summed E-state index contributed by atoms with van der Waals surface area (Å²) in [6.45, 7) is 13.1. The van der Waals surface area contributed by atoms with Crippen LogP contribution >= 0.6 is 0 Å². The minimum absolute atomic E-state index is 0.498. The number of ether oxygens (including phenoxy) is 1. The van der Waals surface area contributed by atoms with Crippen molar-refractivity contribution in [2.75, 3.05) is 45.9 Å². The summed E-state index contributed by atoms with van der Waals surface area (Å²) in [5.41, 5.74) is 2.15. The van der Waals surface area contributed by atoms with E-state index in [9.17, 15) is 0 Å². The van der Waals surface area contributed by atoms with E-state index in [0.29, 0.717) is 6.04 Å². The van der Waals surface area contributed by atoms with Gasteiger partial charge < -0.3 is 24.8 Å². The van der Waals surface area contributed by atoms with Gasteiger partial charge in [-0.25, -0.2) is 0 Å². The third-order valence-electron chi connectivity index (χ3n) is 5.63. The zero-order valence-electron chi connectivity index (χ0n) is 17.1. The van der Waals surface area contributed by atoms with Gasteiger partial charge in [-0.1, -0.05) is 5.16 Å². The number of aliphatic imine (C=N–C) groups is 1. The molecule has 3 rings (SSSR count). The van der Waals surface area contributed by atoms with Crippen LogP contribution in [0.5, 0.6) is 0 Å². The second kappa shape index (κ2) is 10.1. The lowest BCUT2D eigenvalue weighted by molar-refractivity contribution is 0.150. The van der Waals surface area contributed by atoms with Gasteiger partial charge in [0.15, 0.2) is 5.96 Å². The van der Waals surface area contributed by atoms with E-state index in [0.717, 1.165) is 69.1 Å². The van der Waals surface area contributed by atoms with Gasteiger partial charge in [-0.05, 0) is 52.4 Å². The number of piperidine rings is 1. The van der Waals surface area contributed by atoms with E-state index in [2.05, 4.69) is 27.6 Å². The summed E-state index contributed by atoms with van der Waals surface area (Å²) in [5.74, 6) is 2.56. The van der Waals surface area contributed by atoms with Gasteiger partial charge in [0.2, 0.25) is 0 Å². The molecule has 7 nitrogen and oxygen atoms in total. The Bertz CT molecular complexity index is 582. The van der Waals surface area contributed by atoms with Gasteiger partial charge in [-0.3, -0.25) is 4.99 Å². The van der Waals surface area contributed by atoms with Gasteiger partial charge in [0, 0.05) is 50.9 Å². The molecular weight excluding hydrogens is 342 g/mol. The molecule has 1 unspecified atom stereocenters. The van der Waals surface area contributed by atoms with Crippen LogP contribution in [0, 0.1) is 19.8 Å². The Morgan fingerprint density at radius 2 is 2.07 bits per heavy atom. The van der Waals surface area contributed by atoms with E-state index in [1.165, 1.54) is 31.4 Å². The number of aromatic nitrogens is 1. The molecule has 0 amide bonds. The molecule has 7 heteroatoms. The lowest BCUT2D eigenvalue weighted by atomic mass is 10.0. The van der Waals surface area contributed by atoms with Crippen molar-refractivity contribution in [1.82, 2.24) is 20.7 Å². The molecule has 0 radical (unpaired) electrons.